The molecule has 2 rings (SSSR count). The van der Waals surface area contributed by atoms with Gasteiger partial charge in [-0.05, 0) is 30.9 Å². The second-order valence-corrected chi connectivity index (χ2v) is 4.87. The van der Waals surface area contributed by atoms with E-state index in [4.69, 9.17) is 0 Å². The van der Waals surface area contributed by atoms with Gasteiger partial charge in [-0.2, -0.15) is 5.10 Å². The van der Waals surface area contributed by atoms with Crippen LogP contribution < -0.4 is 5.32 Å². The van der Waals surface area contributed by atoms with E-state index in [1.165, 1.54) is 0 Å². The molecule has 2 heterocycles. The number of hydrogen-bond donors (Lipinski definition) is 2. The Bertz CT molecular complexity index is 490. The van der Waals surface area contributed by atoms with Gasteiger partial charge in [0, 0.05) is 6.04 Å². The van der Waals surface area contributed by atoms with Crippen LogP contribution in [0.4, 0.5) is 0 Å². The number of H-pyrrole nitrogens is 1. The molecular weight excluding hydrogens is 234 g/mol. The molecule has 0 radical (unpaired) electrons. The first kappa shape index (κ1) is 11.9. The number of aromatic nitrogens is 2. The molecule has 0 aliphatic heterocycles. The van der Waals surface area contributed by atoms with Gasteiger partial charge in [0.2, 0.25) is 0 Å². The first-order chi connectivity index (χ1) is 8.20. The molecule has 0 bridgehead atoms. The lowest BCUT2D eigenvalue weighted by Gasteiger charge is -2.08. The molecule has 0 fully saturated rings. The Hall–Kier alpha value is -1.62. The van der Waals surface area contributed by atoms with Crippen LogP contribution in [0.25, 0.3) is 10.6 Å². The smallest absolute Gasteiger partial charge is 0.271 e. The van der Waals surface area contributed by atoms with Crippen LogP contribution in [0.2, 0.25) is 0 Å². The number of carbonyl (C=O) groups excluding carboxylic acids is 1. The average Bonchev–Trinajstić information content (AvgIpc) is 2.98. The molecule has 0 spiro atoms. The topological polar surface area (TPSA) is 57.8 Å². The minimum atomic E-state index is -0.126. The minimum Gasteiger partial charge on any atom is -0.348 e. The van der Waals surface area contributed by atoms with E-state index in [0.717, 1.165) is 17.0 Å². The molecule has 2 aromatic rings. The zero-order valence-electron chi connectivity index (χ0n) is 9.86. The van der Waals surface area contributed by atoms with Crippen LogP contribution in [-0.2, 0) is 0 Å². The lowest BCUT2D eigenvalue weighted by Crippen LogP contribution is -2.32. The van der Waals surface area contributed by atoms with Crippen molar-refractivity contribution in [2.75, 3.05) is 0 Å². The Morgan fingerprint density at radius 1 is 1.65 bits per heavy atom. The van der Waals surface area contributed by atoms with Gasteiger partial charge in [0.15, 0.2) is 5.69 Å². The van der Waals surface area contributed by atoms with Crippen molar-refractivity contribution in [1.29, 1.82) is 0 Å². The SMILES string of the molecule is CC[C@H](C)NC(=O)c1cc(-c2cccs2)[nH]n1. The summed E-state index contributed by atoms with van der Waals surface area (Å²) < 4.78 is 0. The quantitative estimate of drug-likeness (QED) is 0.875. The van der Waals surface area contributed by atoms with E-state index in [9.17, 15) is 4.79 Å². The number of nitrogens with one attached hydrogen (secondary N) is 2. The molecule has 1 atom stereocenters. The first-order valence-electron chi connectivity index (χ1n) is 5.61. The predicted octanol–water partition coefficient (Wildman–Crippen LogP) is 2.67. The van der Waals surface area contributed by atoms with Gasteiger partial charge in [-0.25, -0.2) is 0 Å². The Morgan fingerprint density at radius 3 is 3.12 bits per heavy atom. The highest BCUT2D eigenvalue weighted by atomic mass is 32.1. The minimum absolute atomic E-state index is 0.126. The summed E-state index contributed by atoms with van der Waals surface area (Å²) in [6.45, 7) is 4.01. The van der Waals surface area contributed by atoms with E-state index in [1.807, 2.05) is 31.4 Å². The van der Waals surface area contributed by atoms with Crippen molar-refractivity contribution in [3.63, 3.8) is 0 Å². The Kier molecular flexibility index (Phi) is 3.58. The molecule has 5 heteroatoms. The maximum atomic E-state index is 11.8. The number of amides is 1. The molecule has 1 amide bonds. The van der Waals surface area contributed by atoms with Gasteiger partial charge in [0.05, 0.1) is 10.6 Å². The van der Waals surface area contributed by atoms with Gasteiger partial charge in [0.1, 0.15) is 0 Å². The molecule has 0 saturated heterocycles. The molecule has 2 aromatic heterocycles. The van der Waals surface area contributed by atoms with E-state index in [0.29, 0.717) is 5.69 Å². The molecule has 90 valence electrons. The third kappa shape index (κ3) is 2.74. The zero-order valence-corrected chi connectivity index (χ0v) is 10.7. The van der Waals surface area contributed by atoms with E-state index < -0.39 is 0 Å². The summed E-state index contributed by atoms with van der Waals surface area (Å²) in [6, 6.07) is 5.92. The molecule has 0 saturated carbocycles. The van der Waals surface area contributed by atoms with Crippen molar-refractivity contribution >= 4 is 17.2 Å². The molecule has 17 heavy (non-hydrogen) atoms. The molecule has 0 aliphatic rings. The normalized spacial score (nSPS) is 12.4. The fourth-order valence-electron chi connectivity index (χ4n) is 1.40. The lowest BCUT2D eigenvalue weighted by atomic mass is 10.2. The van der Waals surface area contributed by atoms with Crippen molar-refractivity contribution in [3.8, 4) is 10.6 Å². The van der Waals surface area contributed by atoms with Crippen molar-refractivity contribution in [2.24, 2.45) is 0 Å². The highest BCUT2D eigenvalue weighted by molar-refractivity contribution is 7.13. The van der Waals surface area contributed by atoms with Crippen LogP contribution >= 0.6 is 11.3 Å². The Labute approximate surface area is 104 Å². The Morgan fingerprint density at radius 2 is 2.47 bits per heavy atom. The summed E-state index contributed by atoms with van der Waals surface area (Å²) in [6.07, 6.45) is 0.911. The number of nitrogens with zero attached hydrogens (tertiary/aromatic N) is 1. The van der Waals surface area contributed by atoms with Crippen LogP contribution in [0.3, 0.4) is 0 Å². The molecule has 0 unspecified atom stereocenters. The third-order valence-corrected chi connectivity index (χ3v) is 3.49. The maximum Gasteiger partial charge on any atom is 0.271 e. The fourth-order valence-corrected chi connectivity index (χ4v) is 2.09. The molecule has 2 N–H and O–H groups in total. The third-order valence-electron chi connectivity index (χ3n) is 2.59. The van der Waals surface area contributed by atoms with E-state index in [2.05, 4.69) is 15.5 Å². The number of thiophene rings is 1. The summed E-state index contributed by atoms with van der Waals surface area (Å²) in [5, 5.41) is 11.8. The molecule has 0 aliphatic carbocycles. The zero-order chi connectivity index (χ0) is 12.3. The van der Waals surface area contributed by atoms with Gasteiger partial charge in [-0.1, -0.05) is 13.0 Å². The summed E-state index contributed by atoms with van der Waals surface area (Å²) >= 11 is 1.62. The van der Waals surface area contributed by atoms with Crippen LogP contribution in [0, 0.1) is 0 Å². The van der Waals surface area contributed by atoms with Crippen molar-refractivity contribution < 1.29 is 4.79 Å². The van der Waals surface area contributed by atoms with Crippen LogP contribution in [0.5, 0.6) is 0 Å². The van der Waals surface area contributed by atoms with Crippen molar-refractivity contribution in [1.82, 2.24) is 15.5 Å². The summed E-state index contributed by atoms with van der Waals surface area (Å²) in [5.74, 6) is -0.126. The lowest BCUT2D eigenvalue weighted by molar-refractivity contribution is 0.0934. The molecular formula is C12H15N3OS. The first-order valence-corrected chi connectivity index (χ1v) is 6.48. The van der Waals surface area contributed by atoms with Crippen LogP contribution in [-0.4, -0.2) is 22.1 Å². The number of aromatic amines is 1. The highest BCUT2D eigenvalue weighted by Gasteiger charge is 2.13. The monoisotopic (exact) mass is 249 g/mol. The Balaban J connectivity index is 2.11. The molecule has 4 nitrogen and oxygen atoms in total. The van der Waals surface area contributed by atoms with Gasteiger partial charge in [-0.15, -0.1) is 11.3 Å². The van der Waals surface area contributed by atoms with Crippen LogP contribution in [0.15, 0.2) is 23.6 Å². The number of rotatable bonds is 4. The second-order valence-electron chi connectivity index (χ2n) is 3.93. The van der Waals surface area contributed by atoms with Gasteiger partial charge in [-0.3, -0.25) is 9.89 Å². The van der Waals surface area contributed by atoms with Gasteiger partial charge >= 0.3 is 0 Å². The summed E-state index contributed by atoms with van der Waals surface area (Å²) in [4.78, 5) is 12.9. The van der Waals surface area contributed by atoms with E-state index >= 15 is 0 Å². The van der Waals surface area contributed by atoms with Crippen LogP contribution in [0.1, 0.15) is 30.8 Å². The van der Waals surface area contributed by atoms with E-state index in [1.54, 1.807) is 17.4 Å². The summed E-state index contributed by atoms with van der Waals surface area (Å²) in [5.41, 5.74) is 1.32. The van der Waals surface area contributed by atoms with Gasteiger partial charge < -0.3 is 5.32 Å². The average molecular weight is 249 g/mol. The van der Waals surface area contributed by atoms with Crippen molar-refractivity contribution in [3.05, 3.63) is 29.3 Å². The number of carbonyl (C=O) groups is 1. The molecule has 0 aromatic carbocycles. The van der Waals surface area contributed by atoms with Crippen molar-refractivity contribution in [2.45, 2.75) is 26.3 Å². The maximum absolute atomic E-state index is 11.8. The van der Waals surface area contributed by atoms with Gasteiger partial charge in [0.25, 0.3) is 5.91 Å². The largest absolute Gasteiger partial charge is 0.348 e. The van der Waals surface area contributed by atoms with E-state index in [-0.39, 0.29) is 11.9 Å². The standard InChI is InChI=1S/C12H15N3OS/c1-3-8(2)13-12(16)10-7-9(14-15-10)11-5-4-6-17-11/h4-8H,3H2,1-2H3,(H,13,16)(H,14,15)/t8-/m0/s1. The number of hydrogen-bond acceptors (Lipinski definition) is 3. The second kappa shape index (κ2) is 5.14. The fraction of sp³-hybridized carbons (Fsp3) is 0.333. The summed E-state index contributed by atoms with van der Waals surface area (Å²) in [7, 11) is 0. The predicted molar refractivity (Wildman–Crippen MR) is 69.1 cm³/mol. The highest BCUT2D eigenvalue weighted by Crippen LogP contribution is 2.22.